The van der Waals surface area contributed by atoms with Gasteiger partial charge in [0.25, 0.3) is 0 Å². The van der Waals surface area contributed by atoms with Gasteiger partial charge >= 0.3 is 0 Å². The van der Waals surface area contributed by atoms with Crippen LogP contribution in [0.4, 0.5) is 5.69 Å². The molecular formula is C11H18N2O2S. The Hall–Kier alpha value is -1.07. The number of benzene rings is 1. The summed E-state index contributed by atoms with van der Waals surface area (Å²) in [5, 5.41) is 3.23. The molecule has 0 radical (unpaired) electrons. The van der Waals surface area contributed by atoms with E-state index in [4.69, 9.17) is 0 Å². The Bertz CT molecular complexity index is 412. The highest BCUT2D eigenvalue weighted by Crippen LogP contribution is 2.13. The largest absolute Gasteiger partial charge is 0.385 e. The van der Waals surface area contributed by atoms with Gasteiger partial charge in [0.2, 0.25) is 10.0 Å². The summed E-state index contributed by atoms with van der Waals surface area (Å²) in [6.07, 6.45) is 2.25. The van der Waals surface area contributed by atoms with Crippen LogP contribution in [0.1, 0.15) is 19.8 Å². The van der Waals surface area contributed by atoms with E-state index in [1.54, 1.807) is 24.3 Å². The van der Waals surface area contributed by atoms with Gasteiger partial charge in [-0.2, -0.15) is 0 Å². The van der Waals surface area contributed by atoms with Gasteiger partial charge in [0.1, 0.15) is 0 Å². The minimum Gasteiger partial charge on any atom is -0.385 e. The van der Waals surface area contributed by atoms with E-state index in [-0.39, 0.29) is 4.90 Å². The zero-order valence-corrected chi connectivity index (χ0v) is 10.5. The molecule has 0 aliphatic rings. The van der Waals surface area contributed by atoms with Gasteiger partial charge in [-0.1, -0.05) is 13.3 Å². The molecule has 1 aromatic carbocycles. The number of hydrogen-bond donors (Lipinski definition) is 2. The molecule has 1 rings (SSSR count). The quantitative estimate of drug-likeness (QED) is 0.748. The maximum Gasteiger partial charge on any atom is 0.240 e. The lowest BCUT2D eigenvalue weighted by Crippen LogP contribution is -2.18. The van der Waals surface area contributed by atoms with Crippen molar-refractivity contribution in [3.8, 4) is 0 Å². The van der Waals surface area contributed by atoms with Crippen LogP contribution in [-0.4, -0.2) is 22.0 Å². The van der Waals surface area contributed by atoms with Crippen LogP contribution in [-0.2, 0) is 10.0 Å². The van der Waals surface area contributed by atoms with Crippen molar-refractivity contribution < 1.29 is 8.42 Å². The van der Waals surface area contributed by atoms with Gasteiger partial charge < -0.3 is 5.32 Å². The summed E-state index contributed by atoms with van der Waals surface area (Å²) in [5.41, 5.74) is 0.948. The van der Waals surface area contributed by atoms with Crippen LogP contribution >= 0.6 is 0 Å². The molecule has 0 aromatic heterocycles. The second-order valence-corrected chi connectivity index (χ2v) is 5.40. The van der Waals surface area contributed by atoms with Gasteiger partial charge in [0, 0.05) is 12.2 Å². The summed E-state index contributed by atoms with van der Waals surface area (Å²) in [6.45, 7) is 3.04. The molecule has 16 heavy (non-hydrogen) atoms. The van der Waals surface area contributed by atoms with Crippen LogP contribution in [0.25, 0.3) is 0 Å². The normalized spacial score (nSPS) is 11.4. The molecule has 4 nitrogen and oxygen atoms in total. The van der Waals surface area contributed by atoms with Gasteiger partial charge in [-0.05, 0) is 37.7 Å². The van der Waals surface area contributed by atoms with E-state index >= 15 is 0 Å². The molecule has 0 aliphatic carbocycles. The highest BCUT2D eigenvalue weighted by atomic mass is 32.2. The monoisotopic (exact) mass is 242 g/mol. The molecule has 0 saturated heterocycles. The highest BCUT2D eigenvalue weighted by Gasteiger charge is 2.09. The topological polar surface area (TPSA) is 58.2 Å². The smallest absolute Gasteiger partial charge is 0.240 e. The maximum atomic E-state index is 11.4. The zero-order valence-electron chi connectivity index (χ0n) is 9.66. The molecule has 0 spiro atoms. The first-order valence-electron chi connectivity index (χ1n) is 5.37. The van der Waals surface area contributed by atoms with Crippen LogP contribution in [0.5, 0.6) is 0 Å². The van der Waals surface area contributed by atoms with Gasteiger partial charge in [0.05, 0.1) is 4.90 Å². The Morgan fingerprint density at radius 1 is 1.19 bits per heavy atom. The molecule has 0 saturated carbocycles. The first-order chi connectivity index (χ1) is 7.60. The number of rotatable bonds is 6. The molecule has 0 amide bonds. The summed E-state index contributed by atoms with van der Waals surface area (Å²) < 4.78 is 25.2. The lowest BCUT2D eigenvalue weighted by molar-refractivity contribution is 0.588. The SMILES string of the molecule is CCCCNc1ccc(S(=O)(=O)NC)cc1. The molecule has 5 heteroatoms. The molecule has 0 unspecified atom stereocenters. The Morgan fingerprint density at radius 3 is 2.31 bits per heavy atom. The predicted molar refractivity (Wildman–Crippen MR) is 66.1 cm³/mol. The Kier molecular flexibility index (Phi) is 4.76. The van der Waals surface area contributed by atoms with Crippen molar-refractivity contribution in [1.82, 2.24) is 4.72 Å². The van der Waals surface area contributed by atoms with Crippen molar-refractivity contribution in [3.63, 3.8) is 0 Å². The summed E-state index contributed by atoms with van der Waals surface area (Å²) in [6, 6.07) is 6.75. The average molecular weight is 242 g/mol. The molecule has 0 fully saturated rings. The van der Waals surface area contributed by atoms with E-state index in [0.717, 1.165) is 25.1 Å². The van der Waals surface area contributed by atoms with Crippen molar-refractivity contribution in [3.05, 3.63) is 24.3 Å². The first kappa shape index (κ1) is 13.0. The van der Waals surface area contributed by atoms with Gasteiger partial charge in [-0.25, -0.2) is 13.1 Å². The van der Waals surface area contributed by atoms with Crippen LogP contribution in [0.15, 0.2) is 29.2 Å². The minimum absolute atomic E-state index is 0.288. The Labute approximate surface area is 97.1 Å². The van der Waals surface area contributed by atoms with Gasteiger partial charge in [0.15, 0.2) is 0 Å². The third-order valence-corrected chi connectivity index (χ3v) is 3.72. The van der Waals surface area contributed by atoms with Crippen LogP contribution < -0.4 is 10.0 Å². The number of nitrogens with one attached hydrogen (secondary N) is 2. The maximum absolute atomic E-state index is 11.4. The molecular weight excluding hydrogens is 224 g/mol. The van der Waals surface area contributed by atoms with E-state index in [9.17, 15) is 8.42 Å². The zero-order chi connectivity index (χ0) is 12.0. The standard InChI is InChI=1S/C11H18N2O2S/c1-3-4-9-13-10-5-7-11(8-6-10)16(14,15)12-2/h5-8,12-13H,3-4,9H2,1-2H3. The molecule has 0 aliphatic heterocycles. The number of sulfonamides is 1. The number of hydrogen-bond acceptors (Lipinski definition) is 3. The van der Waals surface area contributed by atoms with Crippen LogP contribution in [0.2, 0.25) is 0 Å². The second-order valence-electron chi connectivity index (χ2n) is 3.51. The van der Waals surface area contributed by atoms with Crippen molar-refractivity contribution in [2.75, 3.05) is 18.9 Å². The molecule has 1 aromatic rings. The predicted octanol–water partition coefficient (Wildman–Crippen LogP) is 1.81. The molecule has 90 valence electrons. The van der Waals surface area contributed by atoms with E-state index < -0.39 is 10.0 Å². The van der Waals surface area contributed by atoms with Crippen molar-refractivity contribution in [2.24, 2.45) is 0 Å². The third kappa shape index (κ3) is 3.50. The van der Waals surface area contributed by atoms with Gasteiger partial charge in [-0.3, -0.25) is 0 Å². The lowest BCUT2D eigenvalue weighted by Gasteiger charge is -2.06. The third-order valence-electron chi connectivity index (χ3n) is 2.29. The van der Waals surface area contributed by atoms with Crippen molar-refractivity contribution in [1.29, 1.82) is 0 Å². The van der Waals surface area contributed by atoms with Crippen molar-refractivity contribution in [2.45, 2.75) is 24.7 Å². The van der Waals surface area contributed by atoms with Gasteiger partial charge in [-0.15, -0.1) is 0 Å². The van der Waals surface area contributed by atoms with E-state index in [2.05, 4.69) is 17.0 Å². The molecule has 0 bridgehead atoms. The van der Waals surface area contributed by atoms with E-state index in [0.29, 0.717) is 0 Å². The van der Waals surface area contributed by atoms with Crippen LogP contribution in [0, 0.1) is 0 Å². The molecule has 0 atom stereocenters. The molecule has 2 N–H and O–H groups in total. The molecule has 0 heterocycles. The number of anilines is 1. The fourth-order valence-electron chi connectivity index (χ4n) is 1.28. The summed E-state index contributed by atoms with van der Waals surface area (Å²) >= 11 is 0. The van der Waals surface area contributed by atoms with E-state index in [1.165, 1.54) is 7.05 Å². The average Bonchev–Trinajstić information content (AvgIpc) is 2.30. The van der Waals surface area contributed by atoms with Crippen LogP contribution in [0.3, 0.4) is 0 Å². The fraction of sp³-hybridized carbons (Fsp3) is 0.455. The number of unbranched alkanes of at least 4 members (excludes halogenated alkanes) is 1. The fourth-order valence-corrected chi connectivity index (χ4v) is 2.01. The van der Waals surface area contributed by atoms with Crippen molar-refractivity contribution >= 4 is 15.7 Å². The summed E-state index contributed by atoms with van der Waals surface area (Å²) in [7, 11) is -1.91. The highest BCUT2D eigenvalue weighted by molar-refractivity contribution is 7.89. The Balaban J connectivity index is 2.68. The Morgan fingerprint density at radius 2 is 1.81 bits per heavy atom. The minimum atomic E-state index is -3.32. The second kappa shape index (κ2) is 5.86. The first-order valence-corrected chi connectivity index (χ1v) is 6.86. The summed E-state index contributed by atoms with van der Waals surface area (Å²) in [5.74, 6) is 0. The summed E-state index contributed by atoms with van der Waals surface area (Å²) in [4.78, 5) is 0.288. The van der Waals surface area contributed by atoms with E-state index in [1.807, 2.05) is 0 Å². The lowest BCUT2D eigenvalue weighted by atomic mass is 10.3.